The van der Waals surface area contributed by atoms with Crippen LogP contribution in [0, 0.1) is 5.92 Å². The minimum absolute atomic E-state index is 0.00254. The zero-order valence-corrected chi connectivity index (χ0v) is 17.2. The van der Waals surface area contributed by atoms with E-state index in [4.69, 9.17) is 16.3 Å². The number of halogens is 1. The van der Waals surface area contributed by atoms with Gasteiger partial charge in [0.2, 0.25) is 0 Å². The molecule has 3 aromatic rings. The summed E-state index contributed by atoms with van der Waals surface area (Å²) < 4.78 is 7.11. The van der Waals surface area contributed by atoms with E-state index < -0.39 is 0 Å². The highest BCUT2D eigenvalue weighted by atomic mass is 35.5. The number of aromatic nitrogens is 3. The molecule has 0 aliphatic heterocycles. The number of carbonyl (C=O) groups is 1. The minimum atomic E-state index is -0.0875. The molecule has 0 unspecified atom stereocenters. The van der Waals surface area contributed by atoms with Gasteiger partial charge in [-0.2, -0.15) is 0 Å². The molecule has 1 fully saturated rings. The van der Waals surface area contributed by atoms with Crippen LogP contribution in [0.4, 0.5) is 0 Å². The van der Waals surface area contributed by atoms with E-state index in [1.54, 1.807) is 24.3 Å². The highest BCUT2D eigenvalue weighted by molar-refractivity contribution is 7.99. The highest BCUT2D eigenvalue weighted by Crippen LogP contribution is 2.48. The van der Waals surface area contributed by atoms with E-state index in [1.165, 1.54) is 5.56 Å². The third kappa shape index (κ3) is 3.93. The van der Waals surface area contributed by atoms with Crippen molar-refractivity contribution in [2.75, 3.05) is 6.61 Å². The number of hydrogen-bond donors (Lipinski definition) is 0. The molecule has 1 aromatic carbocycles. The van der Waals surface area contributed by atoms with Crippen LogP contribution in [0.15, 0.2) is 59.0 Å². The maximum absolute atomic E-state index is 11.9. The molecule has 5 nitrogen and oxygen atoms in total. The Bertz CT molecular complexity index is 986. The molecule has 0 amide bonds. The maximum Gasteiger partial charge on any atom is 0.309 e. The van der Waals surface area contributed by atoms with Crippen molar-refractivity contribution < 1.29 is 9.53 Å². The van der Waals surface area contributed by atoms with Crippen molar-refractivity contribution in [2.24, 2.45) is 13.0 Å². The van der Waals surface area contributed by atoms with E-state index in [1.807, 2.05) is 30.7 Å². The van der Waals surface area contributed by atoms with E-state index in [2.05, 4.69) is 34.2 Å². The van der Waals surface area contributed by atoms with E-state index in [0.717, 1.165) is 27.7 Å². The zero-order chi connectivity index (χ0) is 19.7. The molecule has 0 saturated heterocycles. The molecule has 28 heavy (non-hydrogen) atoms. The van der Waals surface area contributed by atoms with Gasteiger partial charge in [-0.05, 0) is 48.7 Å². The molecule has 0 radical (unpaired) electrons. The first kappa shape index (κ1) is 19.0. The van der Waals surface area contributed by atoms with E-state index >= 15 is 0 Å². The summed E-state index contributed by atoms with van der Waals surface area (Å²) in [5, 5.41) is 2.49. The number of nitrogens with zero attached hydrogens (tertiary/aromatic N) is 3. The van der Waals surface area contributed by atoms with Crippen molar-refractivity contribution >= 4 is 29.3 Å². The predicted octanol–water partition coefficient (Wildman–Crippen LogP) is 4.95. The van der Waals surface area contributed by atoms with Gasteiger partial charge in [0.15, 0.2) is 0 Å². The Balaban J connectivity index is 1.52. The topological polar surface area (TPSA) is 57.0 Å². The molecule has 0 bridgehead atoms. The molecule has 144 valence electrons. The zero-order valence-electron chi connectivity index (χ0n) is 15.6. The van der Waals surface area contributed by atoms with Gasteiger partial charge in [-0.3, -0.25) is 4.79 Å². The number of esters is 1. The second kappa shape index (κ2) is 7.97. The van der Waals surface area contributed by atoms with Gasteiger partial charge >= 0.3 is 5.97 Å². The summed E-state index contributed by atoms with van der Waals surface area (Å²) in [5.74, 6) is 0.183. The maximum atomic E-state index is 11.9. The molecular weight excluding hydrogens is 394 g/mol. The Labute approximate surface area is 173 Å². The van der Waals surface area contributed by atoms with Gasteiger partial charge in [0.25, 0.3) is 0 Å². The van der Waals surface area contributed by atoms with Crippen molar-refractivity contribution in [2.45, 2.75) is 29.3 Å². The fraction of sp³-hybridized carbons (Fsp3) is 0.286. The molecule has 2 atom stereocenters. The number of rotatable bonds is 6. The van der Waals surface area contributed by atoms with Gasteiger partial charge in [0.1, 0.15) is 15.7 Å². The van der Waals surface area contributed by atoms with Gasteiger partial charge < -0.3 is 9.30 Å². The molecular formula is C21H20ClN3O2S. The van der Waals surface area contributed by atoms with Crippen LogP contribution >= 0.6 is 23.4 Å². The lowest BCUT2D eigenvalue weighted by Gasteiger charge is -2.07. The monoisotopic (exact) mass is 413 g/mol. The quantitative estimate of drug-likeness (QED) is 0.535. The van der Waals surface area contributed by atoms with E-state index in [-0.39, 0.29) is 17.8 Å². The van der Waals surface area contributed by atoms with Crippen molar-refractivity contribution in [1.29, 1.82) is 0 Å². The van der Waals surface area contributed by atoms with Crippen LogP contribution in [0.1, 0.15) is 24.8 Å². The molecule has 0 spiro atoms. The third-order valence-electron chi connectivity index (χ3n) is 4.78. The average Bonchev–Trinajstić information content (AvgIpc) is 3.43. The number of pyridine rings is 1. The first-order valence-electron chi connectivity index (χ1n) is 9.14. The fourth-order valence-electron chi connectivity index (χ4n) is 3.22. The first-order chi connectivity index (χ1) is 13.6. The second-order valence-corrected chi connectivity index (χ2v) is 8.19. The molecule has 4 rings (SSSR count). The predicted molar refractivity (Wildman–Crippen MR) is 109 cm³/mol. The molecule has 2 aromatic heterocycles. The van der Waals surface area contributed by atoms with Gasteiger partial charge in [0, 0.05) is 18.8 Å². The molecule has 1 saturated carbocycles. The molecule has 1 aliphatic rings. The second-order valence-electron chi connectivity index (χ2n) is 6.75. The summed E-state index contributed by atoms with van der Waals surface area (Å²) >= 11 is 7.48. The summed E-state index contributed by atoms with van der Waals surface area (Å²) in [7, 11) is 1.97. The van der Waals surface area contributed by atoms with Crippen molar-refractivity contribution in [3.05, 3.63) is 59.5 Å². The largest absolute Gasteiger partial charge is 0.466 e. The lowest BCUT2D eigenvalue weighted by molar-refractivity contribution is -0.144. The van der Waals surface area contributed by atoms with Gasteiger partial charge in [0.05, 0.1) is 23.9 Å². The molecule has 2 heterocycles. The van der Waals surface area contributed by atoms with Crippen LogP contribution in [0.5, 0.6) is 0 Å². The Morgan fingerprint density at radius 3 is 2.71 bits per heavy atom. The van der Waals surface area contributed by atoms with Crippen molar-refractivity contribution in [1.82, 2.24) is 14.5 Å². The summed E-state index contributed by atoms with van der Waals surface area (Å²) in [6.45, 7) is 2.27. The number of carbonyl (C=O) groups excluding carboxylic acids is 1. The van der Waals surface area contributed by atoms with Gasteiger partial charge in [-0.1, -0.05) is 35.9 Å². The van der Waals surface area contributed by atoms with Crippen LogP contribution in [-0.2, 0) is 16.6 Å². The number of ether oxygens (including phenoxy) is 1. The molecule has 7 heteroatoms. The Morgan fingerprint density at radius 2 is 2.04 bits per heavy atom. The summed E-state index contributed by atoms with van der Waals surface area (Å²) in [4.78, 5) is 20.8. The normalized spacial score (nSPS) is 18.1. The standard InChI is InChI=1S/C21H20ClN3O2S/c1-3-27-21(26)17-10-16(17)13-4-6-14(7-5-13)19-20(25(2)12-24-19)28-18-9-8-15(22)11-23-18/h4-9,11-12,16-17H,3,10H2,1-2H3/t16-,17+/m1/s1. The number of aryl methyl sites for hydroxylation is 1. The Hall–Kier alpha value is -2.31. The van der Waals surface area contributed by atoms with Crippen LogP contribution in [-0.4, -0.2) is 27.1 Å². The number of benzene rings is 1. The van der Waals surface area contributed by atoms with Crippen LogP contribution in [0.2, 0.25) is 5.02 Å². The molecule has 0 N–H and O–H groups in total. The average molecular weight is 414 g/mol. The van der Waals surface area contributed by atoms with Gasteiger partial charge in [-0.25, -0.2) is 9.97 Å². The van der Waals surface area contributed by atoms with E-state index in [0.29, 0.717) is 11.6 Å². The SMILES string of the molecule is CCOC(=O)[C@H]1C[C@@H]1c1ccc(-c2ncn(C)c2Sc2ccc(Cl)cn2)cc1. The van der Waals surface area contributed by atoms with Crippen LogP contribution in [0.25, 0.3) is 11.3 Å². The number of imidazole rings is 1. The smallest absolute Gasteiger partial charge is 0.309 e. The van der Waals surface area contributed by atoms with Crippen LogP contribution < -0.4 is 0 Å². The summed E-state index contributed by atoms with van der Waals surface area (Å²) in [6.07, 6.45) is 4.31. The summed E-state index contributed by atoms with van der Waals surface area (Å²) in [5.41, 5.74) is 3.12. The highest BCUT2D eigenvalue weighted by Gasteiger charge is 2.45. The fourth-order valence-corrected chi connectivity index (χ4v) is 4.23. The lowest BCUT2D eigenvalue weighted by atomic mass is 10.1. The number of hydrogen-bond acceptors (Lipinski definition) is 5. The van der Waals surface area contributed by atoms with Crippen molar-refractivity contribution in [3.63, 3.8) is 0 Å². The minimum Gasteiger partial charge on any atom is -0.466 e. The van der Waals surface area contributed by atoms with Crippen LogP contribution in [0.3, 0.4) is 0 Å². The first-order valence-corrected chi connectivity index (χ1v) is 10.3. The Kier molecular flexibility index (Phi) is 5.42. The lowest BCUT2D eigenvalue weighted by Crippen LogP contribution is -2.07. The molecule has 1 aliphatic carbocycles. The van der Waals surface area contributed by atoms with Crippen molar-refractivity contribution in [3.8, 4) is 11.3 Å². The summed E-state index contributed by atoms with van der Waals surface area (Å²) in [6, 6.07) is 12.0. The van der Waals surface area contributed by atoms with Gasteiger partial charge in [-0.15, -0.1) is 0 Å². The third-order valence-corrected chi connectivity index (χ3v) is 6.13. The Morgan fingerprint density at radius 1 is 1.25 bits per heavy atom. The van der Waals surface area contributed by atoms with E-state index in [9.17, 15) is 4.79 Å².